The number of likely N-dealkylation sites (tertiary alicyclic amines) is 1. The molecule has 1 amide bonds. The molecule has 1 saturated heterocycles. The highest BCUT2D eigenvalue weighted by Gasteiger charge is 2.39. The van der Waals surface area contributed by atoms with Gasteiger partial charge in [0.05, 0.1) is 17.3 Å². The molecule has 150 valence electrons. The van der Waals surface area contributed by atoms with E-state index in [4.69, 9.17) is 0 Å². The summed E-state index contributed by atoms with van der Waals surface area (Å²) in [6, 6.07) is 15.4. The van der Waals surface area contributed by atoms with Gasteiger partial charge in [-0.05, 0) is 55.2 Å². The fraction of sp³-hybridized carbons (Fsp3) is 0.423. The average molecular weight is 387 g/mol. The first-order valence-corrected chi connectivity index (χ1v) is 11.0. The smallest absolute Gasteiger partial charge is 0.255 e. The molecule has 1 N–H and O–H groups in total. The van der Waals surface area contributed by atoms with Gasteiger partial charge >= 0.3 is 0 Å². The van der Waals surface area contributed by atoms with Crippen molar-refractivity contribution in [1.82, 2.24) is 4.90 Å². The van der Waals surface area contributed by atoms with Crippen molar-refractivity contribution >= 4 is 11.6 Å². The van der Waals surface area contributed by atoms with Crippen molar-refractivity contribution in [2.24, 2.45) is 11.8 Å². The molecule has 2 aliphatic heterocycles. The molecule has 3 nitrogen and oxygen atoms in total. The summed E-state index contributed by atoms with van der Waals surface area (Å²) in [6.45, 7) is 6.16. The Bertz CT molecular complexity index is 938. The highest BCUT2D eigenvalue weighted by atomic mass is 16.2. The molecule has 3 heteroatoms. The molecule has 0 radical (unpaired) electrons. The maximum atomic E-state index is 13.4. The molecule has 0 spiro atoms. The second kappa shape index (κ2) is 7.37. The van der Waals surface area contributed by atoms with E-state index in [0.29, 0.717) is 11.8 Å². The van der Waals surface area contributed by atoms with E-state index in [1.807, 2.05) is 6.07 Å². The van der Waals surface area contributed by atoms with Crippen LogP contribution in [-0.4, -0.2) is 23.9 Å². The number of anilines is 1. The summed E-state index contributed by atoms with van der Waals surface area (Å²) in [4.78, 5) is 15.5. The zero-order chi connectivity index (χ0) is 20.0. The van der Waals surface area contributed by atoms with Crippen molar-refractivity contribution in [3.63, 3.8) is 0 Å². The van der Waals surface area contributed by atoms with Gasteiger partial charge in [-0.1, -0.05) is 61.0 Å². The molecule has 3 aliphatic rings. The summed E-state index contributed by atoms with van der Waals surface area (Å²) >= 11 is 0. The number of hydrogen-bond donors (Lipinski definition) is 1. The van der Waals surface area contributed by atoms with Crippen LogP contribution in [0.15, 0.2) is 54.6 Å². The fourth-order valence-electron chi connectivity index (χ4n) is 5.29. The van der Waals surface area contributed by atoms with Crippen LogP contribution in [0.2, 0.25) is 0 Å². The molecule has 2 aromatic carbocycles. The predicted octanol–water partition coefficient (Wildman–Crippen LogP) is 5.69. The summed E-state index contributed by atoms with van der Waals surface area (Å²) in [5.74, 6) is 1.79. The van der Waals surface area contributed by atoms with Gasteiger partial charge in [-0.3, -0.25) is 4.79 Å². The van der Waals surface area contributed by atoms with Gasteiger partial charge in [-0.25, -0.2) is 0 Å². The summed E-state index contributed by atoms with van der Waals surface area (Å²) in [5.41, 5.74) is 5.76. The Morgan fingerprint density at radius 1 is 1.07 bits per heavy atom. The van der Waals surface area contributed by atoms with Gasteiger partial charge in [-0.15, -0.1) is 0 Å². The number of para-hydroxylation sites is 1. The van der Waals surface area contributed by atoms with Gasteiger partial charge in [0, 0.05) is 19.0 Å². The van der Waals surface area contributed by atoms with E-state index in [0.717, 1.165) is 49.5 Å². The van der Waals surface area contributed by atoms with Gasteiger partial charge < -0.3 is 10.2 Å². The number of carbonyl (C=O) groups is 1. The zero-order valence-electron chi connectivity index (χ0n) is 17.4. The average Bonchev–Trinajstić information content (AvgIpc) is 3.24. The van der Waals surface area contributed by atoms with Crippen LogP contribution in [0.4, 0.5) is 5.69 Å². The van der Waals surface area contributed by atoms with Crippen LogP contribution >= 0.6 is 0 Å². The zero-order valence-corrected chi connectivity index (χ0v) is 17.4. The summed E-state index contributed by atoms with van der Waals surface area (Å²) in [6.07, 6.45) is 7.95. The number of benzene rings is 2. The van der Waals surface area contributed by atoms with E-state index in [1.54, 1.807) is 0 Å². The Kier molecular flexibility index (Phi) is 4.69. The Hall–Kier alpha value is -2.55. The molecule has 3 unspecified atom stereocenters. The van der Waals surface area contributed by atoms with Gasteiger partial charge in [0.1, 0.15) is 0 Å². The molecule has 2 aromatic rings. The number of rotatable bonds is 2. The van der Waals surface area contributed by atoms with Gasteiger partial charge in [-0.2, -0.15) is 0 Å². The first-order valence-electron chi connectivity index (χ1n) is 11.0. The van der Waals surface area contributed by atoms with Gasteiger partial charge in [0.25, 0.3) is 5.91 Å². The Balaban J connectivity index is 1.52. The first kappa shape index (κ1) is 18.5. The van der Waals surface area contributed by atoms with Crippen LogP contribution in [0.1, 0.15) is 65.2 Å². The number of nitrogens with one attached hydrogen (secondary N) is 1. The summed E-state index contributed by atoms with van der Waals surface area (Å²) in [5, 5.41) is 3.81. The number of amides is 1. The maximum absolute atomic E-state index is 13.4. The number of fused-ring (bicyclic) bond motifs is 3. The number of nitrogens with zero attached hydrogens (tertiary/aromatic N) is 1. The van der Waals surface area contributed by atoms with Crippen LogP contribution in [0.3, 0.4) is 0 Å². The lowest BCUT2D eigenvalue weighted by molar-refractivity contribution is 0.0698. The quantitative estimate of drug-likeness (QED) is 0.672. The largest absolute Gasteiger partial charge is 0.377 e. The van der Waals surface area contributed by atoms with E-state index >= 15 is 0 Å². The summed E-state index contributed by atoms with van der Waals surface area (Å²) < 4.78 is 0. The number of piperidine rings is 1. The van der Waals surface area contributed by atoms with Gasteiger partial charge in [0.15, 0.2) is 0 Å². The summed E-state index contributed by atoms with van der Waals surface area (Å²) in [7, 11) is 0. The monoisotopic (exact) mass is 386 g/mol. The number of hydrogen-bond acceptors (Lipinski definition) is 2. The molecule has 1 fully saturated rings. The molecule has 0 saturated carbocycles. The predicted molar refractivity (Wildman–Crippen MR) is 118 cm³/mol. The lowest BCUT2D eigenvalue weighted by Gasteiger charge is -2.39. The highest BCUT2D eigenvalue weighted by Crippen LogP contribution is 2.50. The standard InChI is InChI=1S/C26H30N2O/c1-17-9-11-19(12-10-17)24-21-6-3-5-20(21)22-7-4-8-23(25(22)27-24)26(29)28-15-13-18(2)14-16-28/h3-5,7-12,18,20-21,24,27H,6,13-16H2,1-2H3. The molecule has 0 aromatic heterocycles. The van der Waals surface area contributed by atoms with E-state index in [-0.39, 0.29) is 11.9 Å². The third-order valence-corrected chi connectivity index (χ3v) is 7.13. The molecule has 3 atom stereocenters. The molecule has 2 heterocycles. The fourth-order valence-corrected chi connectivity index (χ4v) is 5.29. The number of carbonyl (C=O) groups excluding carboxylic acids is 1. The molecular formula is C26H30N2O. The third-order valence-electron chi connectivity index (χ3n) is 7.13. The molecule has 29 heavy (non-hydrogen) atoms. The minimum atomic E-state index is 0.185. The lowest BCUT2D eigenvalue weighted by Crippen LogP contribution is -2.39. The Morgan fingerprint density at radius 3 is 2.59 bits per heavy atom. The van der Waals surface area contributed by atoms with Crippen LogP contribution in [0.25, 0.3) is 0 Å². The lowest BCUT2D eigenvalue weighted by atomic mass is 9.76. The highest BCUT2D eigenvalue weighted by molar-refractivity contribution is 6.01. The van der Waals surface area contributed by atoms with E-state index in [2.05, 4.69) is 72.6 Å². The van der Waals surface area contributed by atoms with Crippen molar-refractivity contribution < 1.29 is 4.79 Å². The van der Waals surface area contributed by atoms with Crippen molar-refractivity contribution in [3.05, 3.63) is 76.9 Å². The normalized spacial score (nSPS) is 26.0. The third kappa shape index (κ3) is 3.27. The van der Waals surface area contributed by atoms with Gasteiger partial charge in [0.2, 0.25) is 0 Å². The van der Waals surface area contributed by atoms with Crippen molar-refractivity contribution in [1.29, 1.82) is 0 Å². The topological polar surface area (TPSA) is 32.3 Å². The molecule has 1 aliphatic carbocycles. The second-order valence-corrected chi connectivity index (χ2v) is 9.13. The minimum Gasteiger partial charge on any atom is -0.377 e. The van der Waals surface area contributed by atoms with E-state index in [9.17, 15) is 4.79 Å². The molecule has 0 bridgehead atoms. The number of aryl methyl sites for hydroxylation is 1. The van der Waals surface area contributed by atoms with Crippen LogP contribution < -0.4 is 5.32 Å². The first-order chi connectivity index (χ1) is 14.1. The SMILES string of the molecule is Cc1ccc(C2Nc3c(C(=O)N4CCC(C)CC4)cccc3C3C=CCC32)cc1. The molecule has 5 rings (SSSR count). The molecular weight excluding hydrogens is 356 g/mol. The minimum absolute atomic E-state index is 0.185. The Morgan fingerprint density at radius 2 is 1.83 bits per heavy atom. The van der Waals surface area contributed by atoms with Crippen molar-refractivity contribution in [2.75, 3.05) is 18.4 Å². The van der Waals surface area contributed by atoms with Crippen LogP contribution in [0, 0.1) is 18.8 Å². The number of allylic oxidation sites excluding steroid dienone is 2. The van der Waals surface area contributed by atoms with E-state index < -0.39 is 0 Å². The van der Waals surface area contributed by atoms with Crippen molar-refractivity contribution in [2.45, 2.75) is 45.1 Å². The van der Waals surface area contributed by atoms with E-state index in [1.165, 1.54) is 16.7 Å². The van der Waals surface area contributed by atoms with Crippen molar-refractivity contribution in [3.8, 4) is 0 Å². The van der Waals surface area contributed by atoms with Crippen LogP contribution in [0.5, 0.6) is 0 Å². The van der Waals surface area contributed by atoms with Crippen LogP contribution in [-0.2, 0) is 0 Å². The Labute approximate surface area is 173 Å². The maximum Gasteiger partial charge on any atom is 0.255 e. The second-order valence-electron chi connectivity index (χ2n) is 9.13.